The van der Waals surface area contributed by atoms with E-state index in [1.807, 2.05) is 47.1 Å². The number of para-hydroxylation sites is 2. The summed E-state index contributed by atoms with van der Waals surface area (Å²) in [7, 11) is 1.93. The van der Waals surface area contributed by atoms with Crippen molar-refractivity contribution in [2.75, 3.05) is 10.2 Å². The highest BCUT2D eigenvalue weighted by atomic mass is 16.2. The number of amides is 1. The second-order valence-corrected chi connectivity index (χ2v) is 7.17. The van der Waals surface area contributed by atoms with Gasteiger partial charge in [-0.1, -0.05) is 19.1 Å². The summed E-state index contributed by atoms with van der Waals surface area (Å²) in [6.45, 7) is 2.87. The minimum atomic E-state index is 0.146. The maximum absolute atomic E-state index is 13.3. The van der Waals surface area contributed by atoms with Crippen LogP contribution in [0.2, 0.25) is 0 Å². The zero-order valence-electron chi connectivity index (χ0n) is 14.3. The third-order valence-corrected chi connectivity index (χ3v) is 5.42. The number of rotatable bonds is 1. The van der Waals surface area contributed by atoms with Crippen molar-refractivity contribution in [1.29, 1.82) is 0 Å². The van der Waals surface area contributed by atoms with Crippen LogP contribution in [-0.4, -0.2) is 15.7 Å². The number of carbonyl (C=O) groups is 1. The highest BCUT2D eigenvalue weighted by Crippen LogP contribution is 2.38. The van der Waals surface area contributed by atoms with Crippen LogP contribution in [0.1, 0.15) is 38.2 Å². The Morgan fingerprint density at radius 3 is 2.75 bits per heavy atom. The predicted octanol–water partition coefficient (Wildman–Crippen LogP) is 3.84. The highest BCUT2D eigenvalue weighted by Gasteiger charge is 2.32. The summed E-state index contributed by atoms with van der Waals surface area (Å²) >= 11 is 0. The third-order valence-electron chi connectivity index (χ3n) is 5.42. The monoisotopic (exact) mass is 324 g/mol. The molecule has 0 radical (unpaired) electrons. The van der Waals surface area contributed by atoms with Gasteiger partial charge in [0.05, 0.1) is 24.1 Å². The van der Waals surface area contributed by atoms with Gasteiger partial charge in [-0.15, -0.1) is 0 Å². The summed E-state index contributed by atoms with van der Waals surface area (Å²) in [6.07, 6.45) is 6.18. The Morgan fingerprint density at radius 2 is 1.96 bits per heavy atom. The van der Waals surface area contributed by atoms with Gasteiger partial charge in [0.25, 0.3) is 0 Å². The van der Waals surface area contributed by atoms with E-state index in [2.05, 4.69) is 17.3 Å². The lowest BCUT2D eigenvalue weighted by atomic mass is 9.82. The van der Waals surface area contributed by atoms with Gasteiger partial charge in [-0.05, 0) is 43.7 Å². The lowest BCUT2D eigenvalue weighted by molar-refractivity contribution is -0.123. The van der Waals surface area contributed by atoms with E-state index < -0.39 is 0 Å². The fraction of sp³-hybridized carbons (Fsp3) is 0.474. The number of fused-ring (bicyclic) bond motifs is 2. The third kappa shape index (κ3) is 2.58. The van der Waals surface area contributed by atoms with Crippen LogP contribution in [0.5, 0.6) is 0 Å². The quantitative estimate of drug-likeness (QED) is 0.867. The first-order valence-corrected chi connectivity index (χ1v) is 8.82. The molecular formula is C19H24N4O. The molecule has 1 aromatic heterocycles. The van der Waals surface area contributed by atoms with E-state index in [1.54, 1.807) is 0 Å². The van der Waals surface area contributed by atoms with E-state index in [-0.39, 0.29) is 11.8 Å². The van der Waals surface area contributed by atoms with Gasteiger partial charge in [0.2, 0.25) is 5.91 Å². The Bertz CT molecular complexity index is 758. The van der Waals surface area contributed by atoms with Crippen molar-refractivity contribution in [2.24, 2.45) is 18.9 Å². The second kappa shape index (κ2) is 5.96. The van der Waals surface area contributed by atoms with Gasteiger partial charge >= 0.3 is 0 Å². The average molecular weight is 324 g/mol. The number of benzene rings is 1. The molecule has 0 saturated heterocycles. The zero-order valence-corrected chi connectivity index (χ0v) is 14.3. The topological polar surface area (TPSA) is 50.2 Å². The molecule has 1 N–H and O–H groups in total. The van der Waals surface area contributed by atoms with Crippen LogP contribution in [0.15, 0.2) is 30.5 Å². The summed E-state index contributed by atoms with van der Waals surface area (Å²) in [5.41, 5.74) is 3.00. The van der Waals surface area contributed by atoms with Crippen LogP contribution >= 0.6 is 0 Å². The first-order chi connectivity index (χ1) is 11.6. The van der Waals surface area contributed by atoms with Gasteiger partial charge in [0.1, 0.15) is 5.82 Å². The molecule has 24 heavy (non-hydrogen) atoms. The molecule has 1 aliphatic heterocycles. The predicted molar refractivity (Wildman–Crippen MR) is 95.2 cm³/mol. The molecule has 1 fully saturated rings. The first kappa shape index (κ1) is 15.2. The summed E-state index contributed by atoms with van der Waals surface area (Å²) < 4.78 is 1.84. The normalized spacial score (nSPS) is 23.0. The maximum Gasteiger partial charge on any atom is 0.230 e. The summed E-state index contributed by atoms with van der Waals surface area (Å²) in [5, 5.41) is 7.80. The van der Waals surface area contributed by atoms with Crippen molar-refractivity contribution >= 4 is 23.1 Å². The number of aromatic nitrogens is 2. The van der Waals surface area contributed by atoms with Gasteiger partial charge in [0, 0.05) is 18.5 Å². The van der Waals surface area contributed by atoms with E-state index in [0.29, 0.717) is 6.54 Å². The van der Waals surface area contributed by atoms with E-state index in [4.69, 9.17) is 0 Å². The number of anilines is 3. The molecule has 0 atom stereocenters. The zero-order chi connectivity index (χ0) is 16.7. The van der Waals surface area contributed by atoms with Gasteiger partial charge in [-0.25, -0.2) is 0 Å². The number of nitrogens with zero attached hydrogens (tertiary/aromatic N) is 3. The Kier molecular flexibility index (Phi) is 3.79. The highest BCUT2D eigenvalue weighted by molar-refractivity contribution is 5.99. The van der Waals surface area contributed by atoms with Crippen LogP contribution in [-0.2, 0) is 18.4 Å². The van der Waals surface area contributed by atoms with Gasteiger partial charge < -0.3 is 10.2 Å². The van der Waals surface area contributed by atoms with Crippen molar-refractivity contribution in [1.82, 2.24) is 9.78 Å². The van der Waals surface area contributed by atoms with Gasteiger partial charge in [0.15, 0.2) is 0 Å². The van der Waals surface area contributed by atoms with E-state index in [0.717, 1.165) is 54.4 Å². The van der Waals surface area contributed by atoms with Gasteiger partial charge in [-0.3, -0.25) is 9.48 Å². The Balaban J connectivity index is 1.70. The van der Waals surface area contributed by atoms with Crippen molar-refractivity contribution in [2.45, 2.75) is 39.2 Å². The lowest BCUT2D eigenvalue weighted by Crippen LogP contribution is -2.37. The van der Waals surface area contributed by atoms with Crippen LogP contribution < -0.4 is 10.2 Å². The molecule has 1 aromatic carbocycles. The van der Waals surface area contributed by atoms with Crippen LogP contribution in [0.3, 0.4) is 0 Å². The minimum Gasteiger partial charge on any atom is -0.338 e. The molecule has 0 bridgehead atoms. The molecule has 126 valence electrons. The Morgan fingerprint density at radius 1 is 1.21 bits per heavy atom. The summed E-state index contributed by atoms with van der Waals surface area (Å²) in [6, 6.07) is 8.06. The molecule has 5 nitrogen and oxygen atoms in total. The Labute approximate surface area is 142 Å². The van der Waals surface area contributed by atoms with Crippen molar-refractivity contribution in [3.05, 3.63) is 36.0 Å². The number of nitrogens with one attached hydrogen (secondary N) is 1. The van der Waals surface area contributed by atoms with E-state index in [9.17, 15) is 4.79 Å². The van der Waals surface area contributed by atoms with Crippen LogP contribution in [0.4, 0.5) is 17.2 Å². The second-order valence-electron chi connectivity index (χ2n) is 7.17. The number of aryl methyl sites for hydroxylation is 1. The minimum absolute atomic E-state index is 0.146. The smallest absolute Gasteiger partial charge is 0.230 e. The number of carbonyl (C=O) groups excluding carboxylic acids is 1. The molecule has 5 heteroatoms. The SMILES string of the molecule is CC1CCC(C(=O)N2Cc3cnn(C)c3Nc3ccccc32)CC1. The average Bonchev–Trinajstić information content (AvgIpc) is 2.85. The molecule has 4 rings (SSSR count). The summed E-state index contributed by atoms with van der Waals surface area (Å²) in [4.78, 5) is 15.2. The van der Waals surface area contributed by atoms with Crippen LogP contribution in [0, 0.1) is 11.8 Å². The lowest BCUT2D eigenvalue weighted by Gasteiger charge is -2.31. The fourth-order valence-corrected chi connectivity index (χ4v) is 3.88. The standard InChI is InChI=1S/C19H24N4O/c1-13-7-9-14(10-8-13)19(24)23-12-15-11-20-22(2)18(15)21-16-5-3-4-6-17(16)23/h3-6,11,13-14,21H,7-10,12H2,1-2H3. The molecule has 1 saturated carbocycles. The summed E-state index contributed by atoms with van der Waals surface area (Å²) in [5.74, 6) is 2.12. The molecular weight excluding hydrogens is 300 g/mol. The first-order valence-electron chi connectivity index (χ1n) is 8.82. The molecule has 1 amide bonds. The fourth-order valence-electron chi connectivity index (χ4n) is 3.88. The molecule has 0 unspecified atom stereocenters. The number of hydrogen-bond acceptors (Lipinski definition) is 3. The molecule has 1 aliphatic carbocycles. The van der Waals surface area contributed by atoms with Gasteiger partial charge in [-0.2, -0.15) is 5.10 Å². The maximum atomic E-state index is 13.3. The molecule has 0 spiro atoms. The van der Waals surface area contributed by atoms with Crippen molar-refractivity contribution in [3.8, 4) is 0 Å². The van der Waals surface area contributed by atoms with E-state index >= 15 is 0 Å². The Hall–Kier alpha value is -2.30. The molecule has 2 aliphatic rings. The van der Waals surface area contributed by atoms with E-state index in [1.165, 1.54) is 0 Å². The molecule has 2 heterocycles. The van der Waals surface area contributed by atoms with Crippen molar-refractivity contribution in [3.63, 3.8) is 0 Å². The largest absolute Gasteiger partial charge is 0.338 e. The number of hydrogen-bond donors (Lipinski definition) is 1. The van der Waals surface area contributed by atoms with Crippen molar-refractivity contribution < 1.29 is 4.79 Å². The van der Waals surface area contributed by atoms with Crippen LogP contribution in [0.25, 0.3) is 0 Å². The molecule has 2 aromatic rings.